The fourth-order valence-corrected chi connectivity index (χ4v) is 1.99. The zero-order valence-corrected chi connectivity index (χ0v) is 14.2. The molecule has 0 amide bonds. The van der Waals surface area contributed by atoms with Gasteiger partial charge in [-0.25, -0.2) is 0 Å². The fraction of sp³-hybridized carbons (Fsp3) is 0.400. The van der Waals surface area contributed by atoms with Gasteiger partial charge in [0.1, 0.15) is 0 Å². The Kier molecular flexibility index (Phi) is 8.63. The Morgan fingerprint density at radius 3 is 1.45 bits per heavy atom. The largest absolute Gasteiger partial charge is 0.0683 e. The SMILES string of the molecule is CC.CC.Cc1ccc(C(C)(C)c2ccccc2)cc1. The topological polar surface area (TPSA) is 0 Å². The number of hydrogen-bond donors (Lipinski definition) is 0. The summed E-state index contributed by atoms with van der Waals surface area (Å²) in [5, 5.41) is 0. The van der Waals surface area contributed by atoms with Crippen LogP contribution < -0.4 is 0 Å². The third-order valence-corrected chi connectivity index (χ3v) is 3.27. The predicted octanol–water partition coefficient (Wildman–Crippen LogP) is 6.37. The highest BCUT2D eigenvalue weighted by molar-refractivity contribution is 5.38. The Balaban J connectivity index is 0.000000829. The lowest BCUT2D eigenvalue weighted by molar-refractivity contribution is 0.640. The molecule has 0 atom stereocenters. The van der Waals surface area contributed by atoms with E-state index in [0.29, 0.717) is 0 Å². The van der Waals surface area contributed by atoms with Crippen molar-refractivity contribution in [1.82, 2.24) is 0 Å². The zero-order valence-electron chi connectivity index (χ0n) is 14.2. The van der Waals surface area contributed by atoms with Crippen LogP contribution in [0.5, 0.6) is 0 Å². The number of aryl methyl sites for hydroxylation is 1. The molecular formula is C20H30. The van der Waals surface area contributed by atoms with E-state index < -0.39 is 0 Å². The van der Waals surface area contributed by atoms with Crippen molar-refractivity contribution >= 4 is 0 Å². The maximum atomic E-state index is 2.27. The predicted molar refractivity (Wildman–Crippen MR) is 92.4 cm³/mol. The van der Waals surface area contributed by atoms with E-state index in [4.69, 9.17) is 0 Å². The average Bonchev–Trinajstić information content (AvgIpc) is 2.52. The van der Waals surface area contributed by atoms with Gasteiger partial charge < -0.3 is 0 Å². The van der Waals surface area contributed by atoms with Crippen LogP contribution in [0.25, 0.3) is 0 Å². The molecule has 0 aromatic heterocycles. The highest BCUT2D eigenvalue weighted by Gasteiger charge is 2.22. The normalized spacial score (nSPS) is 9.75. The van der Waals surface area contributed by atoms with Crippen molar-refractivity contribution in [2.24, 2.45) is 0 Å². The lowest BCUT2D eigenvalue weighted by Crippen LogP contribution is -2.18. The summed E-state index contributed by atoms with van der Waals surface area (Å²) in [6.07, 6.45) is 0. The quantitative estimate of drug-likeness (QED) is 0.594. The molecular weight excluding hydrogens is 240 g/mol. The van der Waals surface area contributed by atoms with Crippen LogP contribution in [0, 0.1) is 6.92 Å². The van der Waals surface area contributed by atoms with Gasteiger partial charge in [-0.1, -0.05) is 102 Å². The van der Waals surface area contributed by atoms with Crippen LogP contribution in [-0.2, 0) is 5.41 Å². The monoisotopic (exact) mass is 270 g/mol. The summed E-state index contributed by atoms with van der Waals surface area (Å²) in [6, 6.07) is 19.5. The van der Waals surface area contributed by atoms with Crippen LogP contribution in [0.1, 0.15) is 58.2 Å². The Bertz CT molecular complexity index is 449. The second-order valence-corrected chi connectivity index (χ2v) is 4.86. The second-order valence-electron chi connectivity index (χ2n) is 4.86. The number of hydrogen-bond acceptors (Lipinski definition) is 0. The molecule has 20 heavy (non-hydrogen) atoms. The summed E-state index contributed by atoms with van der Waals surface area (Å²) in [5.74, 6) is 0. The fourth-order valence-electron chi connectivity index (χ4n) is 1.99. The number of rotatable bonds is 2. The van der Waals surface area contributed by atoms with Crippen LogP contribution in [0.15, 0.2) is 54.6 Å². The van der Waals surface area contributed by atoms with Gasteiger partial charge in [0.15, 0.2) is 0 Å². The summed E-state index contributed by atoms with van der Waals surface area (Å²) in [6.45, 7) is 14.7. The van der Waals surface area contributed by atoms with E-state index in [-0.39, 0.29) is 5.41 Å². The van der Waals surface area contributed by atoms with E-state index in [1.165, 1.54) is 16.7 Å². The number of benzene rings is 2. The molecule has 0 bridgehead atoms. The van der Waals surface area contributed by atoms with E-state index >= 15 is 0 Å². The van der Waals surface area contributed by atoms with Crippen LogP contribution in [0.4, 0.5) is 0 Å². The Labute approximate surface area is 125 Å². The second kappa shape index (κ2) is 9.36. The first-order valence-corrected chi connectivity index (χ1v) is 7.73. The molecule has 0 aliphatic rings. The summed E-state index contributed by atoms with van der Waals surface area (Å²) >= 11 is 0. The van der Waals surface area contributed by atoms with Crippen molar-refractivity contribution in [3.05, 3.63) is 71.3 Å². The molecule has 0 nitrogen and oxygen atoms in total. The molecule has 0 fully saturated rings. The van der Waals surface area contributed by atoms with E-state index in [9.17, 15) is 0 Å². The van der Waals surface area contributed by atoms with Crippen molar-refractivity contribution in [1.29, 1.82) is 0 Å². The molecule has 2 aromatic carbocycles. The smallest absolute Gasteiger partial charge is 0.0146 e. The average molecular weight is 270 g/mol. The van der Waals surface area contributed by atoms with E-state index in [1.54, 1.807) is 0 Å². The minimum Gasteiger partial charge on any atom is -0.0683 e. The van der Waals surface area contributed by atoms with Gasteiger partial charge in [-0.15, -0.1) is 0 Å². The lowest BCUT2D eigenvalue weighted by Gasteiger charge is -2.26. The Morgan fingerprint density at radius 1 is 0.600 bits per heavy atom. The van der Waals surface area contributed by atoms with Gasteiger partial charge in [0, 0.05) is 5.41 Å². The van der Waals surface area contributed by atoms with E-state index in [1.807, 2.05) is 27.7 Å². The molecule has 2 rings (SSSR count). The molecule has 0 heteroatoms. The minimum atomic E-state index is 0.0783. The van der Waals surface area contributed by atoms with E-state index in [0.717, 1.165) is 0 Å². The molecule has 0 radical (unpaired) electrons. The van der Waals surface area contributed by atoms with Crippen molar-refractivity contribution < 1.29 is 0 Å². The third kappa shape index (κ3) is 4.85. The van der Waals surface area contributed by atoms with Crippen molar-refractivity contribution in [3.8, 4) is 0 Å². The first kappa shape index (κ1) is 18.4. The van der Waals surface area contributed by atoms with Gasteiger partial charge in [-0.05, 0) is 18.1 Å². The molecule has 2 aromatic rings. The van der Waals surface area contributed by atoms with E-state index in [2.05, 4.69) is 75.4 Å². The van der Waals surface area contributed by atoms with Crippen LogP contribution >= 0.6 is 0 Å². The highest BCUT2D eigenvalue weighted by Crippen LogP contribution is 2.31. The Morgan fingerprint density at radius 2 is 1.00 bits per heavy atom. The molecule has 0 spiro atoms. The molecule has 0 heterocycles. The van der Waals surface area contributed by atoms with Crippen LogP contribution in [0.2, 0.25) is 0 Å². The zero-order chi connectivity index (χ0) is 15.6. The molecule has 0 saturated carbocycles. The van der Waals surface area contributed by atoms with Gasteiger partial charge in [-0.2, -0.15) is 0 Å². The summed E-state index contributed by atoms with van der Waals surface area (Å²) < 4.78 is 0. The first-order chi connectivity index (χ1) is 9.60. The Hall–Kier alpha value is -1.56. The third-order valence-electron chi connectivity index (χ3n) is 3.27. The standard InChI is InChI=1S/C16H18.2C2H6/c1-13-9-11-15(12-10-13)16(2,3)14-7-5-4-6-8-14;2*1-2/h4-12H,1-3H3;2*1-2H3. The molecule has 0 unspecified atom stereocenters. The van der Waals surface area contributed by atoms with Crippen molar-refractivity contribution in [3.63, 3.8) is 0 Å². The summed E-state index contributed by atoms with van der Waals surface area (Å²) in [5.41, 5.74) is 4.12. The molecule has 0 aliphatic carbocycles. The van der Waals surface area contributed by atoms with Gasteiger partial charge in [0.2, 0.25) is 0 Å². The van der Waals surface area contributed by atoms with Gasteiger partial charge >= 0.3 is 0 Å². The minimum absolute atomic E-state index is 0.0783. The van der Waals surface area contributed by atoms with Gasteiger partial charge in [0.05, 0.1) is 0 Å². The lowest BCUT2D eigenvalue weighted by atomic mass is 9.78. The maximum absolute atomic E-state index is 2.27. The van der Waals surface area contributed by atoms with Crippen molar-refractivity contribution in [2.75, 3.05) is 0 Å². The molecule has 110 valence electrons. The summed E-state index contributed by atoms with van der Waals surface area (Å²) in [7, 11) is 0. The van der Waals surface area contributed by atoms with Crippen molar-refractivity contribution in [2.45, 2.75) is 53.9 Å². The maximum Gasteiger partial charge on any atom is 0.0146 e. The molecule has 0 saturated heterocycles. The highest BCUT2D eigenvalue weighted by atomic mass is 14.3. The first-order valence-electron chi connectivity index (χ1n) is 7.73. The molecule has 0 N–H and O–H groups in total. The molecule has 0 aliphatic heterocycles. The van der Waals surface area contributed by atoms with Crippen LogP contribution in [0.3, 0.4) is 0 Å². The van der Waals surface area contributed by atoms with Gasteiger partial charge in [0.25, 0.3) is 0 Å². The van der Waals surface area contributed by atoms with Gasteiger partial charge in [-0.3, -0.25) is 0 Å². The van der Waals surface area contributed by atoms with Crippen LogP contribution in [-0.4, -0.2) is 0 Å². The summed E-state index contributed by atoms with van der Waals surface area (Å²) in [4.78, 5) is 0.